The van der Waals surface area contributed by atoms with Crippen molar-refractivity contribution in [2.75, 3.05) is 0 Å². The number of benzene rings is 2. The summed E-state index contributed by atoms with van der Waals surface area (Å²) in [5.74, 6) is -0.408. The predicted molar refractivity (Wildman–Crippen MR) is 74.7 cm³/mol. The Hall–Kier alpha value is -2.62. The molecule has 0 saturated carbocycles. The first-order valence-electron chi connectivity index (χ1n) is 5.97. The Morgan fingerprint density at radius 3 is 2.58 bits per heavy atom. The Balaban J connectivity index is 2.33. The van der Waals surface area contributed by atoms with E-state index < -0.39 is 5.91 Å². The molecule has 3 rings (SSSR count). The lowest BCUT2D eigenvalue weighted by atomic mass is 9.97. The van der Waals surface area contributed by atoms with Crippen LogP contribution >= 0.6 is 0 Å². The molecule has 2 N–H and O–H groups in total. The van der Waals surface area contributed by atoms with Gasteiger partial charge in [-0.05, 0) is 22.4 Å². The molecule has 0 aliphatic heterocycles. The van der Waals surface area contributed by atoms with Crippen molar-refractivity contribution >= 4 is 16.7 Å². The van der Waals surface area contributed by atoms with Crippen molar-refractivity contribution in [3.05, 3.63) is 54.4 Å². The largest absolute Gasteiger partial charge is 0.366 e. The molecule has 1 heterocycles. The van der Waals surface area contributed by atoms with Gasteiger partial charge in [-0.3, -0.25) is 9.48 Å². The van der Waals surface area contributed by atoms with E-state index in [1.165, 1.54) is 0 Å². The first-order valence-corrected chi connectivity index (χ1v) is 5.97. The summed E-state index contributed by atoms with van der Waals surface area (Å²) in [5, 5.41) is 6.06. The van der Waals surface area contributed by atoms with Crippen LogP contribution in [0.25, 0.3) is 21.9 Å². The maximum absolute atomic E-state index is 11.5. The molecule has 0 atom stereocenters. The summed E-state index contributed by atoms with van der Waals surface area (Å²) < 4.78 is 1.76. The van der Waals surface area contributed by atoms with Crippen LogP contribution in [0.4, 0.5) is 0 Å². The Morgan fingerprint density at radius 1 is 1.16 bits per heavy atom. The van der Waals surface area contributed by atoms with Crippen LogP contribution in [-0.2, 0) is 7.05 Å². The van der Waals surface area contributed by atoms with E-state index in [2.05, 4.69) is 5.10 Å². The lowest BCUT2D eigenvalue weighted by molar-refractivity contribution is 0.100. The van der Waals surface area contributed by atoms with E-state index in [-0.39, 0.29) is 0 Å². The van der Waals surface area contributed by atoms with E-state index in [1.807, 2.05) is 49.8 Å². The number of carbonyl (C=O) groups excluding carboxylic acids is 1. The smallest absolute Gasteiger partial charge is 0.249 e. The number of hydrogen-bond donors (Lipinski definition) is 1. The molecular formula is C15H13N3O. The SMILES string of the molecule is Cn1cc(-c2cccc3c(C(N)=O)cccc23)cn1. The minimum Gasteiger partial charge on any atom is -0.366 e. The van der Waals surface area contributed by atoms with Crippen LogP contribution in [0.5, 0.6) is 0 Å². The van der Waals surface area contributed by atoms with Crippen LogP contribution in [0.15, 0.2) is 48.8 Å². The molecule has 3 aromatic rings. The minimum absolute atomic E-state index is 0.408. The van der Waals surface area contributed by atoms with E-state index in [0.29, 0.717) is 5.56 Å². The summed E-state index contributed by atoms with van der Waals surface area (Å²) in [6, 6.07) is 11.4. The third-order valence-corrected chi connectivity index (χ3v) is 3.20. The Labute approximate surface area is 110 Å². The van der Waals surface area contributed by atoms with E-state index in [9.17, 15) is 4.79 Å². The number of aromatic nitrogens is 2. The standard InChI is InChI=1S/C15H13N3O/c1-18-9-10(8-17-18)11-4-2-6-13-12(11)5-3-7-14(13)15(16)19/h2-9H,1H3,(H2,16,19). The van der Waals surface area contributed by atoms with Gasteiger partial charge in [0.25, 0.3) is 0 Å². The van der Waals surface area contributed by atoms with Crippen molar-refractivity contribution < 1.29 is 4.79 Å². The topological polar surface area (TPSA) is 60.9 Å². The Kier molecular flexibility index (Phi) is 2.56. The first-order chi connectivity index (χ1) is 9.16. The van der Waals surface area contributed by atoms with E-state index in [0.717, 1.165) is 21.9 Å². The number of primary amides is 1. The normalized spacial score (nSPS) is 10.8. The molecule has 0 unspecified atom stereocenters. The second-order valence-electron chi connectivity index (χ2n) is 4.47. The van der Waals surface area contributed by atoms with Gasteiger partial charge in [0, 0.05) is 24.4 Å². The van der Waals surface area contributed by atoms with Gasteiger partial charge in [0.15, 0.2) is 0 Å². The van der Waals surface area contributed by atoms with E-state index in [1.54, 1.807) is 10.7 Å². The summed E-state index contributed by atoms with van der Waals surface area (Å²) in [4.78, 5) is 11.5. The lowest BCUT2D eigenvalue weighted by Crippen LogP contribution is -2.11. The van der Waals surface area contributed by atoms with Crippen LogP contribution in [-0.4, -0.2) is 15.7 Å². The molecule has 0 saturated heterocycles. The lowest BCUT2D eigenvalue weighted by Gasteiger charge is -2.07. The molecule has 2 aromatic carbocycles. The third-order valence-electron chi connectivity index (χ3n) is 3.20. The fourth-order valence-electron chi connectivity index (χ4n) is 2.34. The van der Waals surface area contributed by atoms with Gasteiger partial charge in [-0.15, -0.1) is 0 Å². The van der Waals surface area contributed by atoms with Crippen molar-refractivity contribution in [1.29, 1.82) is 0 Å². The maximum Gasteiger partial charge on any atom is 0.249 e. The molecule has 0 bridgehead atoms. The summed E-state index contributed by atoms with van der Waals surface area (Å²) in [5.41, 5.74) is 8.03. The Morgan fingerprint density at radius 2 is 1.89 bits per heavy atom. The molecule has 0 aliphatic rings. The molecular weight excluding hydrogens is 238 g/mol. The van der Waals surface area contributed by atoms with Gasteiger partial charge >= 0.3 is 0 Å². The zero-order valence-corrected chi connectivity index (χ0v) is 10.5. The molecule has 4 heteroatoms. The number of hydrogen-bond acceptors (Lipinski definition) is 2. The first kappa shape index (κ1) is 11.5. The fraction of sp³-hybridized carbons (Fsp3) is 0.0667. The summed E-state index contributed by atoms with van der Waals surface area (Å²) in [7, 11) is 1.88. The van der Waals surface area contributed by atoms with E-state index in [4.69, 9.17) is 5.73 Å². The van der Waals surface area contributed by atoms with Crippen molar-refractivity contribution in [3.63, 3.8) is 0 Å². The van der Waals surface area contributed by atoms with Crippen LogP contribution in [0, 0.1) is 0 Å². The molecule has 94 valence electrons. The summed E-state index contributed by atoms with van der Waals surface area (Å²) in [6.07, 6.45) is 3.76. The number of rotatable bonds is 2. The van der Waals surface area contributed by atoms with E-state index >= 15 is 0 Å². The highest BCUT2D eigenvalue weighted by atomic mass is 16.1. The van der Waals surface area contributed by atoms with Crippen LogP contribution < -0.4 is 5.73 Å². The molecule has 1 amide bonds. The highest BCUT2D eigenvalue weighted by molar-refractivity contribution is 6.09. The second kappa shape index (κ2) is 4.24. The van der Waals surface area contributed by atoms with Gasteiger partial charge in [0.2, 0.25) is 5.91 Å². The number of aryl methyl sites for hydroxylation is 1. The quantitative estimate of drug-likeness (QED) is 0.760. The van der Waals surface area contributed by atoms with Gasteiger partial charge in [-0.2, -0.15) is 5.10 Å². The van der Waals surface area contributed by atoms with Crippen LogP contribution in [0.1, 0.15) is 10.4 Å². The molecule has 0 spiro atoms. The number of nitrogens with two attached hydrogens (primary N) is 1. The van der Waals surface area contributed by atoms with Gasteiger partial charge in [0.05, 0.1) is 6.20 Å². The molecule has 0 aliphatic carbocycles. The van der Waals surface area contributed by atoms with Gasteiger partial charge in [-0.25, -0.2) is 0 Å². The average Bonchev–Trinajstić information content (AvgIpc) is 2.83. The maximum atomic E-state index is 11.5. The zero-order chi connectivity index (χ0) is 13.4. The monoisotopic (exact) mass is 251 g/mol. The number of carbonyl (C=O) groups is 1. The third kappa shape index (κ3) is 1.87. The highest BCUT2D eigenvalue weighted by Gasteiger charge is 2.10. The Bertz CT molecular complexity index is 774. The summed E-state index contributed by atoms with van der Waals surface area (Å²) in [6.45, 7) is 0. The van der Waals surface area contributed by atoms with Gasteiger partial charge in [0.1, 0.15) is 0 Å². The fourth-order valence-corrected chi connectivity index (χ4v) is 2.34. The average molecular weight is 251 g/mol. The van der Waals surface area contributed by atoms with Crippen molar-refractivity contribution in [2.45, 2.75) is 0 Å². The summed E-state index contributed by atoms with van der Waals surface area (Å²) >= 11 is 0. The van der Waals surface area contributed by atoms with Gasteiger partial charge in [-0.1, -0.05) is 30.3 Å². The minimum atomic E-state index is -0.408. The molecule has 1 aromatic heterocycles. The van der Waals surface area contributed by atoms with Crippen LogP contribution in [0.2, 0.25) is 0 Å². The molecule has 4 nitrogen and oxygen atoms in total. The van der Waals surface area contributed by atoms with Crippen molar-refractivity contribution in [3.8, 4) is 11.1 Å². The number of nitrogens with zero attached hydrogens (tertiary/aromatic N) is 2. The molecule has 0 fully saturated rings. The molecule has 0 radical (unpaired) electrons. The number of fused-ring (bicyclic) bond motifs is 1. The second-order valence-corrected chi connectivity index (χ2v) is 4.47. The number of amides is 1. The van der Waals surface area contributed by atoms with Crippen LogP contribution in [0.3, 0.4) is 0 Å². The highest BCUT2D eigenvalue weighted by Crippen LogP contribution is 2.29. The van der Waals surface area contributed by atoms with Crippen molar-refractivity contribution in [2.24, 2.45) is 12.8 Å². The zero-order valence-electron chi connectivity index (χ0n) is 10.5. The van der Waals surface area contributed by atoms with Gasteiger partial charge < -0.3 is 5.73 Å². The predicted octanol–water partition coefficient (Wildman–Crippen LogP) is 2.34. The van der Waals surface area contributed by atoms with Crippen molar-refractivity contribution in [1.82, 2.24) is 9.78 Å². The molecule has 19 heavy (non-hydrogen) atoms.